The lowest BCUT2D eigenvalue weighted by Crippen LogP contribution is -2.28. The summed E-state index contributed by atoms with van der Waals surface area (Å²) in [6.45, 7) is 5.69. The predicted octanol–water partition coefficient (Wildman–Crippen LogP) is 2.95. The second-order valence-corrected chi connectivity index (χ2v) is 3.96. The standard InChI is InChI=1S/C11H14ClFN2/c1-7(2)5-11(15-14)8-3-4-9(12)10(13)6-8/h3-4,6,11,15H,1,5,14H2,2H3. The molecule has 0 aromatic heterocycles. The molecule has 0 aliphatic heterocycles. The largest absolute Gasteiger partial charge is 0.271 e. The SMILES string of the molecule is C=C(C)CC(NN)c1ccc(Cl)c(F)c1. The third kappa shape index (κ3) is 3.30. The van der Waals surface area contributed by atoms with Crippen LogP contribution in [-0.2, 0) is 0 Å². The summed E-state index contributed by atoms with van der Waals surface area (Å²) in [5.41, 5.74) is 4.37. The molecule has 0 aliphatic carbocycles. The van der Waals surface area contributed by atoms with Crippen LogP contribution in [0.2, 0.25) is 5.02 Å². The topological polar surface area (TPSA) is 38.0 Å². The van der Waals surface area contributed by atoms with Crippen molar-refractivity contribution in [1.29, 1.82) is 0 Å². The Bertz CT molecular complexity index is 366. The summed E-state index contributed by atoms with van der Waals surface area (Å²) < 4.78 is 13.2. The molecule has 1 unspecified atom stereocenters. The van der Waals surface area contributed by atoms with Crippen LogP contribution in [0.25, 0.3) is 0 Å². The van der Waals surface area contributed by atoms with E-state index < -0.39 is 5.82 Å². The van der Waals surface area contributed by atoms with E-state index in [9.17, 15) is 4.39 Å². The Morgan fingerprint density at radius 3 is 2.80 bits per heavy atom. The van der Waals surface area contributed by atoms with E-state index in [2.05, 4.69) is 12.0 Å². The van der Waals surface area contributed by atoms with Crippen molar-refractivity contribution in [2.24, 2.45) is 5.84 Å². The lowest BCUT2D eigenvalue weighted by atomic mass is 10.0. The number of halogens is 2. The van der Waals surface area contributed by atoms with Crippen LogP contribution < -0.4 is 11.3 Å². The van der Waals surface area contributed by atoms with Gasteiger partial charge in [-0.25, -0.2) is 4.39 Å². The first-order valence-corrected chi connectivity index (χ1v) is 4.98. The van der Waals surface area contributed by atoms with Crippen molar-refractivity contribution >= 4 is 11.6 Å². The van der Waals surface area contributed by atoms with Crippen molar-refractivity contribution in [3.05, 3.63) is 46.8 Å². The van der Waals surface area contributed by atoms with Crippen LogP contribution in [0.3, 0.4) is 0 Å². The van der Waals surface area contributed by atoms with Crippen LogP contribution in [0, 0.1) is 5.82 Å². The molecule has 0 aliphatic rings. The quantitative estimate of drug-likeness (QED) is 0.473. The number of hydrogen-bond donors (Lipinski definition) is 2. The van der Waals surface area contributed by atoms with Crippen molar-refractivity contribution in [2.75, 3.05) is 0 Å². The molecule has 2 nitrogen and oxygen atoms in total. The first-order valence-electron chi connectivity index (χ1n) is 4.60. The van der Waals surface area contributed by atoms with E-state index in [1.54, 1.807) is 6.07 Å². The van der Waals surface area contributed by atoms with Gasteiger partial charge in [0.25, 0.3) is 0 Å². The Morgan fingerprint density at radius 2 is 2.33 bits per heavy atom. The summed E-state index contributed by atoms with van der Waals surface area (Å²) >= 11 is 5.59. The fraction of sp³-hybridized carbons (Fsp3) is 0.273. The summed E-state index contributed by atoms with van der Waals surface area (Å²) in [7, 11) is 0. The average Bonchev–Trinajstić information content (AvgIpc) is 2.18. The first kappa shape index (κ1) is 12.2. The maximum atomic E-state index is 13.2. The molecule has 3 N–H and O–H groups in total. The van der Waals surface area contributed by atoms with Crippen LogP contribution in [0.5, 0.6) is 0 Å². The summed E-state index contributed by atoms with van der Waals surface area (Å²) in [5, 5.41) is 0.116. The third-order valence-corrected chi connectivity index (χ3v) is 2.41. The van der Waals surface area contributed by atoms with E-state index in [0.717, 1.165) is 11.1 Å². The Morgan fingerprint density at radius 1 is 1.67 bits per heavy atom. The van der Waals surface area contributed by atoms with Crippen molar-refractivity contribution in [3.8, 4) is 0 Å². The first-order chi connectivity index (χ1) is 7.04. The molecule has 1 rings (SSSR count). The second kappa shape index (κ2) is 5.26. The fourth-order valence-corrected chi connectivity index (χ4v) is 1.47. The Hall–Kier alpha value is -0.900. The number of nitrogens with one attached hydrogen (secondary N) is 1. The van der Waals surface area contributed by atoms with Gasteiger partial charge >= 0.3 is 0 Å². The summed E-state index contributed by atoms with van der Waals surface area (Å²) in [6.07, 6.45) is 0.664. The van der Waals surface area contributed by atoms with Gasteiger partial charge in [0, 0.05) is 6.04 Å². The van der Waals surface area contributed by atoms with Crippen LogP contribution in [-0.4, -0.2) is 0 Å². The van der Waals surface area contributed by atoms with Gasteiger partial charge in [0.15, 0.2) is 0 Å². The molecule has 0 radical (unpaired) electrons. The Labute approximate surface area is 93.9 Å². The van der Waals surface area contributed by atoms with Gasteiger partial charge in [-0.2, -0.15) is 0 Å². The summed E-state index contributed by atoms with van der Waals surface area (Å²) in [4.78, 5) is 0. The highest BCUT2D eigenvalue weighted by Crippen LogP contribution is 2.23. The van der Waals surface area contributed by atoms with Gasteiger partial charge in [0.1, 0.15) is 5.82 Å². The van der Waals surface area contributed by atoms with Crippen LogP contribution in [0.4, 0.5) is 4.39 Å². The highest BCUT2D eigenvalue weighted by Gasteiger charge is 2.11. The number of hydrogen-bond acceptors (Lipinski definition) is 2. The molecule has 4 heteroatoms. The molecule has 0 heterocycles. The number of nitrogens with two attached hydrogens (primary N) is 1. The van der Waals surface area contributed by atoms with Gasteiger partial charge < -0.3 is 0 Å². The fourth-order valence-electron chi connectivity index (χ4n) is 1.35. The van der Waals surface area contributed by atoms with Crippen molar-refractivity contribution in [1.82, 2.24) is 5.43 Å². The van der Waals surface area contributed by atoms with E-state index >= 15 is 0 Å². The molecule has 0 fully saturated rings. The van der Waals surface area contributed by atoms with Crippen molar-refractivity contribution in [2.45, 2.75) is 19.4 Å². The highest BCUT2D eigenvalue weighted by atomic mass is 35.5. The lowest BCUT2D eigenvalue weighted by molar-refractivity contribution is 0.543. The molecule has 0 saturated carbocycles. The molecule has 0 saturated heterocycles. The molecule has 1 aromatic rings. The summed E-state index contributed by atoms with van der Waals surface area (Å²) in [6, 6.07) is 4.53. The van der Waals surface area contributed by atoms with Crippen LogP contribution >= 0.6 is 11.6 Å². The molecule has 82 valence electrons. The maximum Gasteiger partial charge on any atom is 0.142 e. The van der Waals surface area contributed by atoms with Gasteiger partial charge in [-0.1, -0.05) is 23.2 Å². The molecule has 0 amide bonds. The average molecular weight is 229 g/mol. The van der Waals surface area contributed by atoms with Gasteiger partial charge in [0.05, 0.1) is 5.02 Å². The monoisotopic (exact) mass is 228 g/mol. The van der Waals surface area contributed by atoms with Crippen LogP contribution in [0.1, 0.15) is 24.9 Å². The molecule has 0 bridgehead atoms. The predicted molar refractivity (Wildman–Crippen MR) is 60.9 cm³/mol. The van der Waals surface area contributed by atoms with E-state index in [1.807, 2.05) is 6.92 Å². The smallest absolute Gasteiger partial charge is 0.142 e. The molecule has 15 heavy (non-hydrogen) atoms. The minimum atomic E-state index is -0.434. The van der Waals surface area contributed by atoms with Gasteiger partial charge in [-0.15, -0.1) is 6.58 Å². The van der Waals surface area contributed by atoms with E-state index in [4.69, 9.17) is 17.4 Å². The second-order valence-electron chi connectivity index (χ2n) is 3.55. The molecule has 1 aromatic carbocycles. The normalized spacial score (nSPS) is 12.5. The zero-order chi connectivity index (χ0) is 11.4. The van der Waals surface area contributed by atoms with E-state index in [-0.39, 0.29) is 11.1 Å². The number of hydrazine groups is 1. The van der Waals surface area contributed by atoms with E-state index in [0.29, 0.717) is 6.42 Å². The Kier molecular flexibility index (Phi) is 4.27. The minimum absolute atomic E-state index is 0.116. The maximum absolute atomic E-state index is 13.2. The summed E-state index contributed by atoms with van der Waals surface area (Å²) in [5.74, 6) is 4.96. The molecular weight excluding hydrogens is 215 g/mol. The van der Waals surface area contributed by atoms with Crippen LogP contribution in [0.15, 0.2) is 30.4 Å². The highest BCUT2D eigenvalue weighted by molar-refractivity contribution is 6.30. The van der Waals surface area contributed by atoms with Crippen molar-refractivity contribution in [3.63, 3.8) is 0 Å². The van der Waals surface area contributed by atoms with Gasteiger partial charge in [-0.3, -0.25) is 11.3 Å². The molecule has 0 spiro atoms. The number of benzene rings is 1. The van der Waals surface area contributed by atoms with Crippen molar-refractivity contribution < 1.29 is 4.39 Å². The Balaban J connectivity index is 2.92. The number of rotatable bonds is 4. The van der Waals surface area contributed by atoms with Gasteiger partial charge in [-0.05, 0) is 31.0 Å². The lowest BCUT2D eigenvalue weighted by Gasteiger charge is -2.16. The third-order valence-electron chi connectivity index (χ3n) is 2.10. The zero-order valence-corrected chi connectivity index (χ0v) is 9.31. The molecular formula is C11H14ClFN2. The molecule has 1 atom stereocenters. The minimum Gasteiger partial charge on any atom is -0.271 e. The van der Waals surface area contributed by atoms with E-state index in [1.165, 1.54) is 12.1 Å². The van der Waals surface area contributed by atoms with Gasteiger partial charge in [0.2, 0.25) is 0 Å². The zero-order valence-electron chi connectivity index (χ0n) is 8.56.